The Morgan fingerprint density at radius 1 is 1.10 bits per heavy atom. The Kier molecular flexibility index (Phi) is 6.64. The van der Waals surface area contributed by atoms with Gasteiger partial charge in [-0.3, -0.25) is 4.79 Å². The highest BCUT2D eigenvalue weighted by molar-refractivity contribution is 7.92. The van der Waals surface area contributed by atoms with E-state index in [0.717, 1.165) is 17.8 Å². The second kappa shape index (κ2) is 8.18. The average Bonchev–Trinajstić information content (AvgIpc) is 3.02. The maximum Gasteiger partial charge on any atom is 0.416 e. The number of ketones is 1. The molecule has 0 saturated carbocycles. The van der Waals surface area contributed by atoms with Gasteiger partial charge in [-0.25, -0.2) is 13.4 Å². The molecule has 4 nitrogen and oxygen atoms in total. The van der Waals surface area contributed by atoms with Crippen molar-refractivity contribution in [2.24, 2.45) is 5.92 Å². The van der Waals surface area contributed by atoms with Crippen molar-refractivity contribution >= 4 is 27.0 Å². The van der Waals surface area contributed by atoms with E-state index in [1.165, 1.54) is 11.3 Å². The van der Waals surface area contributed by atoms with E-state index in [1.807, 2.05) is 26.2 Å². The van der Waals surface area contributed by atoms with Crippen LogP contribution in [0.2, 0.25) is 0 Å². The van der Waals surface area contributed by atoms with Crippen LogP contribution in [0.25, 0.3) is 0 Å². The minimum Gasteiger partial charge on any atom is -0.298 e. The lowest BCUT2D eigenvalue weighted by molar-refractivity contribution is -0.137. The largest absolute Gasteiger partial charge is 0.416 e. The van der Waals surface area contributed by atoms with Gasteiger partial charge in [0.25, 0.3) is 0 Å². The maximum absolute atomic E-state index is 13.0. The number of hydrogen-bond donors (Lipinski definition) is 0. The molecule has 9 heteroatoms. The standard InChI is InChI=1S/C20H24F3NO3S2/c1-12(2)18(15(25)10-17-24-16(11-28-17)19(3,4)5)29(26,27)14-8-6-13(7-9-14)20(21,22)23/h6-9,11-12,18H,10H2,1-5H3. The van der Waals surface area contributed by atoms with Gasteiger partial charge in [-0.2, -0.15) is 13.2 Å². The van der Waals surface area contributed by atoms with Crippen LogP contribution < -0.4 is 0 Å². The van der Waals surface area contributed by atoms with E-state index in [2.05, 4.69) is 4.98 Å². The van der Waals surface area contributed by atoms with Crippen molar-refractivity contribution in [2.45, 2.75) is 62.8 Å². The number of nitrogens with zero attached hydrogens (tertiary/aromatic N) is 1. The highest BCUT2D eigenvalue weighted by Gasteiger charge is 2.37. The van der Waals surface area contributed by atoms with Crippen LogP contribution in [0.3, 0.4) is 0 Å². The zero-order chi connectivity index (χ0) is 22.2. The Morgan fingerprint density at radius 3 is 2.07 bits per heavy atom. The number of benzene rings is 1. The number of sulfone groups is 1. The third-order valence-electron chi connectivity index (χ3n) is 4.41. The Hall–Kier alpha value is -1.74. The third kappa shape index (κ3) is 5.45. The molecular formula is C20H24F3NO3S2. The van der Waals surface area contributed by atoms with Crippen LogP contribution in [-0.2, 0) is 32.6 Å². The molecule has 0 aliphatic heterocycles. The van der Waals surface area contributed by atoms with E-state index in [0.29, 0.717) is 17.1 Å². The van der Waals surface area contributed by atoms with Gasteiger partial charge in [-0.15, -0.1) is 11.3 Å². The summed E-state index contributed by atoms with van der Waals surface area (Å²) in [4.78, 5) is 17.0. The van der Waals surface area contributed by atoms with Crippen LogP contribution in [0.5, 0.6) is 0 Å². The van der Waals surface area contributed by atoms with Crippen molar-refractivity contribution in [3.8, 4) is 0 Å². The molecule has 29 heavy (non-hydrogen) atoms. The summed E-state index contributed by atoms with van der Waals surface area (Å²) in [6.07, 6.45) is -4.70. The number of alkyl halides is 3. The first-order chi connectivity index (χ1) is 13.1. The number of Topliss-reactive ketones (excluding diaryl/α,β-unsaturated/α-hetero) is 1. The van der Waals surface area contributed by atoms with Crippen LogP contribution in [0, 0.1) is 5.92 Å². The fourth-order valence-electron chi connectivity index (χ4n) is 2.87. The van der Waals surface area contributed by atoms with Gasteiger partial charge in [0.15, 0.2) is 15.6 Å². The van der Waals surface area contributed by atoms with Gasteiger partial charge in [0.05, 0.1) is 22.6 Å². The normalized spacial score (nSPS) is 14.2. The van der Waals surface area contributed by atoms with Crippen molar-refractivity contribution in [3.05, 3.63) is 45.9 Å². The molecule has 2 aromatic rings. The molecule has 0 spiro atoms. The van der Waals surface area contributed by atoms with Crippen molar-refractivity contribution in [1.82, 2.24) is 4.98 Å². The molecule has 1 heterocycles. The number of rotatable bonds is 6. The fourth-order valence-corrected chi connectivity index (χ4v) is 5.85. The van der Waals surface area contributed by atoms with E-state index in [4.69, 9.17) is 0 Å². The molecule has 1 atom stereocenters. The molecule has 0 saturated heterocycles. The molecule has 2 rings (SSSR count). The van der Waals surface area contributed by atoms with Crippen LogP contribution in [0.4, 0.5) is 13.2 Å². The first kappa shape index (κ1) is 23.5. The summed E-state index contributed by atoms with van der Waals surface area (Å²) in [7, 11) is -4.14. The Morgan fingerprint density at radius 2 is 1.66 bits per heavy atom. The highest BCUT2D eigenvalue weighted by atomic mass is 32.2. The first-order valence-electron chi connectivity index (χ1n) is 9.03. The van der Waals surface area contributed by atoms with Crippen molar-refractivity contribution in [1.29, 1.82) is 0 Å². The van der Waals surface area contributed by atoms with Crippen LogP contribution >= 0.6 is 11.3 Å². The smallest absolute Gasteiger partial charge is 0.298 e. The minimum absolute atomic E-state index is 0.135. The zero-order valence-corrected chi connectivity index (χ0v) is 18.5. The number of carbonyl (C=O) groups excluding carboxylic acids is 1. The summed E-state index contributed by atoms with van der Waals surface area (Å²) in [5, 5.41) is 1.01. The number of halogens is 3. The molecule has 0 bridgehead atoms. The zero-order valence-electron chi connectivity index (χ0n) is 16.9. The van der Waals surface area contributed by atoms with Gasteiger partial charge in [0, 0.05) is 10.8 Å². The van der Waals surface area contributed by atoms with E-state index < -0.39 is 38.5 Å². The van der Waals surface area contributed by atoms with Crippen LogP contribution in [0.15, 0.2) is 34.5 Å². The molecule has 0 aliphatic carbocycles. The van der Waals surface area contributed by atoms with E-state index in [1.54, 1.807) is 13.8 Å². The quantitative estimate of drug-likeness (QED) is 0.620. The number of aromatic nitrogens is 1. The highest BCUT2D eigenvalue weighted by Crippen LogP contribution is 2.31. The summed E-state index contributed by atoms with van der Waals surface area (Å²) in [5.74, 6) is -1.06. The van der Waals surface area contributed by atoms with Crippen LogP contribution in [0.1, 0.15) is 50.9 Å². The molecule has 1 unspecified atom stereocenters. The third-order valence-corrected chi connectivity index (χ3v) is 7.67. The van der Waals surface area contributed by atoms with Gasteiger partial charge in [0.1, 0.15) is 10.3 Å². The summed E-state index contributed by atoms with van der Waals surface area (Å²) in [6.45, 7) is 9.16. The summed E-state index contributed by atoms with van der Waals surface area (Å²) < 4.78 is 64.3. The number of hydrogen-bond acceptors (Lipinski definition) is 5. The second-order valence-corrected chi connectivity index (χ2v) is 11.3. The summed E-state index contributed by atoms with van der Waals surface area (Å²) in [5.41, 5.74) is -0.319. The second-order valence-electron chi connectivity index (χ2n) is 8.25. The predicted molar refractivity (Wildman–Crippen MR) is 107 cm³/mol. The lowest BCUT2D eigenvalue weighted by atomic mass is 9.93. The molecule has 0 amide bonds. The Bertz CT molecular complexity index is 970. The van der Waals surface area contributed by atoms with Gasteiger partial charge >= 0.3 is 6.18 Å². The van der Waals surface area contributed by atoms with Crippen molar-refractivity contribution in [3.63, 3.8) is 0 Å². The molecule has 1 aromatic heterocycles. The SMILES string of the molecule is CC(C)C(C(=O)Cc1nc(C(C)(C)C)cs1)S(=O)(=O)c1ccc(C(F)(F)F)cc1. The minimum atomic E-state index is -4.56. The predicted octanol–water partition coefficient (Wildman–Crippen LogP) is 5.07. The molecule has 160 valence electrons. The lowest BCUT2D eigenvalue weighted by Gasteiger charge is -2.20. The monoisotopic (exact) mass is 447 g/mol. The molecule has 1 aromatic carbocycles. The number of carbonyl (C=O) groups is 1. The average molecular weight is 448 g/mol. The Labute approximate surface area is 173 Å². The first-order valence-corrected chi connectivity index (χ1v) is 11.5. The van der Waals surface area contributed by atoms with Crippen molar-refractivity contribution < 1.29 is 26.4 Å². The Balaban J connectivity index is 2.32. The number of thiazole rings is 1. The molecule has 0 radical (unpaired) electrons. The molecule has 0 fully saturated rings. The van der Waals surface area contributed by atoms with Crippen molar-refractivity contribution in [2.75, 3.05) is 0 Å². The molecule has 0 N–H and O–H groups in total. The maximum atomic E-state index is 13.0. The molecular weight excluding hydrogens is 423 g/mol. The summed E-state index contributed by atoms with van der Waals surface area (Å²) in [6, 6.07) is 3.24. The van der Waals surface area contributed by atoms with E-state index in [-0.39, 0.29) is 16.7 Å². The fraction of sp³-hybridized carbons (Fsp3) is 0.500. The lowest BCUT2D eigenvalue weighted by Crippen LogP contribution is -2.36. The van der Waals surface area contributed by atoms with Gasteiger partial charge in [-0.1, -0.05) is 34.6 Å². The van der Waals surface area contributed by atoms with Gasteiger partial charge in [0.2, 0.25) is 0 Å². The van der Waals surface area contributed by atoms with E-state index >= 15 is 0 Å². The molecule has 0 aliphatic rings. The van der Waals surface area contributed by atoms with Gasteiger partial charge < -0.3 is 0 Å². The summed E-state index contributed by atoms with van der Waals surface area (Å²) >= 11 is 1.29. The van der Waals surface area contributed by atoms with Crippen LogP contribution in [-0.4, -0.2) is 24.4 Å². The topological polar surface area (TPSA) is 64.1 Å². The van der Waals surface area contributed by atoms with Gasteiger partial charge in [-0.05, 0) is 30.2 Å². The van der Waals surface area contributed by atoms with E-state index in [9.17, 15) is 26.4 Å².